The van der Waals surface area contributed by atoms with Crippen LogP contribution >= 0.6 is 11.6 Å². The lowest BCUT2D eigenvalue weighted by Crippen LogP contribution is -2.26. The van der Waals surface area contributed by atoms with Crippen molar-refractivity contribution in [3.8, 4) is 0 Å². The Bertz CT molecular complexity index is 533. The predicted molar refractivity (Wildman–Crippen MR) is 66.1 cm³/mol. The number of rotatable bonds is 2. The highest BCUT2D eigenvalue weighted by Gasteiger charge is 2.28. The van der Waals surface area contributed by atoms with Crippen LogP contribution in [0.15, 0.2) is 28.7 Å². The summed E-state index contributed by atoms with van der Waals surface area (Å²) in [5, 5.41) is 4.53. The largest absolute Gasteiger partial charge is 0.456 e. The molecule has 4 heteroatoms. The van der Waals surface area contributed by atoms with Crippen molar-refractivity contribution >= 4 is 22.6 Å². The van der Waals surface area contributed by atoms with Crippen molar-refractivity contribution in [3.63, 3.8) is 0 Å². The van der Waals surface area contributed by atoms with Crippen molar-refractivity contribution in [1.82, 2.24) is 5.32 Å². The Labute approximate surface area is 104 Å². The second-order valence-electron chi connectivity index (χ2n) is 4.41. The fraction of sp³-hybridized carbons (Fsp3) is 0.385. The minimum absolute atomic E-state index is 0.130. The van der Waals surface area contributed by atoms with Crippen LogP contribution in [-0.2, 0) is 0 Å². The van der Waals surface area contributed by atoms with Crippen molar-refractivity contribution in [2.45, 2.75) is 25.1 Å². The molecule has 2 heterocycles. The third kappa shape index (κ3) is 1.94. The summed E-state index contributed by atoms with van der Waals surface area (Å²) in [6, 6.07) is 7.08. The summed E-state index contributed by atoms with van der Waals surface area (Å²) in [5.74, 6) is 0.368. The van der Waals surface area contributed by atoms with Crippen LogP contribution < -0.4 is 5.32 Å². The molecule has 17 heavy (non-hydrogen) atoms. The van der Waals surface area contributed by atoms with Gasteiger partial charge in [-0.2, -0.15) is 0 Å². The van der Waals surface area contributed by atoms with Crippen LogP contribution in [0.5, 0.6) is 0 Å². The number of benzene rings is 1. The Balaban J connectivity index is 1.97. The van der Waals surface area contributed by atoms with Gasteiger partial charge in [-0.3, -0.25) is 0 Å². The molecular formula is C13H13ClFNO. The van der Waals surface area contributed by atoms with E-state index in [1.807, 2.05) is 12.1 Å². The third-order valence-electron chi connectivity index (χ3n) is 3.24. The zero-order valence-electron chi connectivity index (χ0n) is 9.25. The van der Waals surface area contributed by atoms with Gasteiger partial charge in [0, 0.05) is 11.4 Å². The number of furan rings is 1. The van der Waals surface area contributed by atoms with Gasteiger partial charge in [0.05, 0.1) is 5.02 Å². The molecule has 0 bridgehead atoms. The van der Waals surface area contributed by atoms with Gasteiger partial charge in [-0.05, 0) is 31.5 Å². The van der Waals surface area contributed by atoms with E-state index in [1.165, 1.54) is 0 Å². The Morgan fingerprint density at radius 3 is 3.06 bits per heavy atom. The Morgan fingerprint density at radius 1 is 1.47 bits per heavy atom. The predicted octanol–water partition coefficient (Wildman–Crippen LogP) is 3.85. The van der Waals surface area contributed by atoms with Crippen molar-refractivity contribution in [2.75, 3.05) is 6.54 Å². The molecule has 1 aromatic carbocycles. The average Bonchev–Trinajstić information content (AvgIpc) is 2.98. The first kappa shape index (κ1) is 11.1. The molecule has 2 aromatic rings. The summed E-state index contributed by atoms with van der Waals surface area (Å²) in [6.07, 6.45) is 0.777. The lowest BCUT2D eigenvalue weighted by atomic mass is 10.1. The number of hydrogen-bond donors (Lipinski definition) is 1. The molecule has 1 aliphatic heterocycles. The summed E-state index contributed by atoms with van der Waals surface area (Å²) in [7, 11) is 0. The van der Waals surface area contributed by atoms with Gasteiger partial charge >= 0.3 is 0 Å². The molecule has 1 aliphatic rings. The highest BCUT2D eigenvalue weighted by atomic mass is 35.5. The van der Waals surface area contributed by atoms with E-state index in [9.17, 15) is 4.39 Å². The molecule has 1 N–H and O–H groups in total. The zero-order valence-corrected chi connectivity index (χ0v) is 10.0. The molecule has 0 aliphatic carbocycles. The summed E-state index contributed by atoms with van der Waals surface area (Å²) < 4.78 is 19.7. The molecule has 0 amide bonds. The first-order valence-electron chi connectivity index (χ1n) is 5.81. The fourth-order valence-corrected chi connectivity index (χ4v) is 2.56. The maximum atomic E-state index is 14.2. The van der Waals surface area contributed by atoms with Crippen LogP contribution in [0.25, 0.3) is 11.0 Å². The van der Waals surface area contributed by atoms with Crippen molar-refractivity contribution in [3.05, 3.63) is 35.0 Å². The van der Waals surface area contributed by atoms with Crippen molar-refractivity contribution < 1.29 is 8.81 Å². The van der Waals surface area contributed by atoms with Crippen LogP contribution in [0.3, 0.4) is 0 Å². The minimum atomic E-state index is -1.10. The normalized spacial score (nSPS) is 22.1. The smallest absolute Gasteiger partial charge is 0.173 e. The van der Waals surface area contributed by atoms with Gasteiger partial charge in [0.2, 0.25) is 0 Å². The van der Waals surface area contributed by atoms with Crippen molar-refractivity contribution in [1.29, 1.82) is 0 Å². The molecule has 2 nitrogen and oxygen atoms in total. The Hall–Kier alpha value is -1.06. The maximum absolute atomic E-state index is 14.2. The van der Waals surface area contributed by atoms with E-state index in [-0.39, 0.29) is 6.04 Å². The second kappa shape index (κ2) is 4.31. The molecule has 0 spiro atoms. The highest BCUT2D eigenvalue weighted by Crippen LogP contribution is 2.33. The molecule has 2 unspecified atom stereocenters. The third-order valence-corrected chi connectivity index (χ3v) is 3.54. The van der Waals surface area contributed by atoms with E-state index in [4.69, 9.17) is 16.0 Å². The zero-order chi connectivity index (χ0) is 11.8. The average molecular weight is 254 g/mol. The molecule has 1 aromatic heterocycles. The number of hydrogen-bond acceptors (Lipinski definition) is 2. The van der Waals surface area contributed by atoms with Gasteiger partial charge in [0.1, 0.15) is 5.76 Å². The number of nitrogens with one attached hydrogen (secondary N) is 1. The molecule has 0 radical (unpaired) electrons. The number of para-hydroxylation sites is 1. The quantitative estimate of drug-likeness (QED) is 0.880. The fourth-order valence-electron chi connectivity index (χ4n) is 2.34. The lowest BCUT2D eigenvalue weighted by Gasteiger charge is -2.13. The molecule has 1 fully saturated rings. The molecule has 0 saturated carbocycles. The first-order chi connectivity index (χ1) is 8.25. The first-order valence-corrected chi connectivity index (χ1v) is 6.19. The SMILES string of the molecule is FC(c1cc2cccc(Cl)c2o1)C1CCCN1. The highest BCUT2D eigenvalue weighted by molar-refractivity contribution is 6.34. The van der Waals surface area contributed by atoms with Crippen LogP contribution in [-0.4, -0.2) is 12.6 Å². The molecule has 2 atom stereocenters. The van der Waals surface area contributed by atoms with Gasteiger partial charge < -0.3 is 9.73 Å². The minimum Gasteiger partial charge on any atom is -0.456 e. The van der Waals surface area contributed by atoms with Crippen molar-refractivity contribution in [2.24, 2.45) is 0 Å². The Morgan fingerprint density at radius 2 is 2.35 bits per heavy atom. The number of halogens is 2. The molecule has 3 rings (SSSR count). The van der Waals surface area contributed by atoms with E-state index < -0.39 is 6.17 Å². The maximum Gasteiger partial charge on any atom is 0.173 e. The van der Waals surface area contributed by atoms with Crippen LogP contribution in [0, 0.1) is 0 Å². The van der Waals surface area contributed by atoms with E-state index in [2.05, 4.69) is 5.32 Å². The molecular weight excluding hydrogens is 241 g/mol. The van der Waals surface area contributed by atoms with Gasteiger partial charge in [0.15, 0.2) is 11.8 Å². The van der Waals surface area contributed by atoms with Gasteiger partial charge in [0.25, 0.3) is 0 Å². The number of fused-ring (bicyclic) bond motifs is 1. The van der Waals surface area contributed by atoms with E-state index >= 15 is 0 Å². The second-order valence-corrected chi connectivity index (χ2v) is 4.82. The van der Waals surface area contributed by atoms with Gasteiger partial charge in [-0.25, -0.2) is 4.39 Å². The van der Waals surface area contributed by atoms with E-state index in [1.54, 1.807) is 12.1 Å². The van der Waals surface area contributed by atoms with Crippen LogP contribution in [0.1, 0.15) is 24.8 Å². The van der Waals surface area contributed by atoms with Crippen LogP contribution in [0.4, 0.5) is 4.39 Å². The molecule has 1 saturated heterocycles. The summed E-state index contributed by atoms with van der Waals surface area (Å²) in [5.41, 5.74) is 0.574. The van der Waals surface area contributed by atoms with Crippen LogP contribution in [0.2, 0.25) is 5.02 Å². The Kier molecular flexibility index (Phi) is 2.81. The topological polar surface area (TPSA) is 25.2 Å². The molecule has 90 valence electrons. The summed E-state index contributed by atoms with van der Waals surface area (Å²) in [6.45, 7) is 0.881. The summed E-state index contributed by atoms with van der Waals surface area (Å²) >= 11 is 6.00. The lowest BCUT2D eigenvalue weighted by molar-refractivity contribution is 0.234. The monoisotopic (exact) mass is 253 g/mol. The van der Waals surface area contributed by atoms with E-state index in [0.29, 0.717) is 16.4 Å². The van der Waals surface area contributed by atoms with Gasteiger partial charge in [-0.15, -0.1) is 0 Å². The van der Waals surface area contributed by atoms with Gasteiger partial charge in [-0.1, -0.05) is 23.7 Å². The standard InChI is InChI=1S/C13H13ClFNO/c14-9-4-1-3-8-7-11(17-13(8)9)12(15)10-5-2-6-16-10/h1,3-4,7,10,12,16H,2,5-6H2. The van der Waals surface area contributed by atoms with E-state index in [0.717, 1.165) is 24.8 Å². The number of alkyl halides is 1. The summed E-state index contributed by atoms with van der Waals surface area (Å²) in [4.78, 5) is 0.